The maximum Gasteiger partial charge on any atom is -0.0253 e. The molecule has 0 heterocycles. The Labute approximate surface area is 95.7 Å². The van der Waals surface area contributed by atoms with Crippen LogP contribution < -0.4 is 0 Å². The van der Waals surface area contributed by atoms with Gasteiger partial charge in [-0.3, -0.25) is 0 Å². The largest absolute Gasteiger partial charge is 0.0683 e. The van der Waals surface area contributed by atoms with E-state index in [4.69, 9.17) is 0 Å². The molecule has 0 spiro atoms. The molecular weight excluding hydrogens is 180 g/mol. The lowest BCUT2D eigenvalue weighted by Gasteiger charge is -2.10. The van der Waals surface area contributed by atoms with Gasteiger partial charge in [0.2, 0.25) is 0 Å². The highest BCUT2D eigenvalue weighted by atomic mass is 14.1. The van der Waals surface area contributed by atoms with E-state index in [9.17, 15) is 0 Å². The van der Waals surface area contributed by atoms with Gasteiger partial charge in [0, 0.05) is 0 Å². The predicted octanol–water partition coefficient (Wildman–Crippen LogP) is 5.08. The maximum atomic E-state index is 2.35. The van der Waals surface area contributed by atoms with Crippen LogP contribution in [-0.2, 0) is 6.42 Å². The van der Waals surface area contributed by atoms with Gasteiger partial charge in [-0.2, -0.15) is 0 Å². The van der Waals surface area contributed by atoms with Crippen molar-refractivity contribution in [2.75, 3.05) is 0 Å². The van der Waals surface area contributed by atoms with Crippen molar-refractivity contribution >= 4 is 0 Å². The second-order valence-corrected chi connectivity index (χ2v) is 3.94. The summed E-state index contributed by atoms with van der Waals surface area (Å²) in [5, 5.41) is 0. The first-order valence-electron chi connectivity index (χ1n) is 6.37. The first kappa shape index (κ1) is 14.2. The third-order valence-corrected chi connectivity index (χ3v) is 2.48. The molecule has 0 fully saturated rings. The highest BCUT2D eigenvalue weighted by molar-refractivity contribution is 5.14. The first-order chi connectivity index (χ1) is 7.33. The Bertz CT molecular complexity index is 213. The molecule has 15 heavy (non-hydrogen) atoms. The Balaban J connectivity index is 0.000000921. The fourth-order valence-electron chi connectivity index (χ4n) is 1.67. The summed E-state index contributed by atoms with van der Waals surface area (Å²) in [4.78, 5) is 0. The van der Waals surface area contributed by atoms with Crippen molar-refractivity contribution in [1.82, 2.24) is 0 Å². The molecule has 0 aromatic heterocycles. The predicted molar refractivity (Wildman–Crippen MR) is 70.2 cm³/mol. The van der Waals surface area contributed by atoms with Gasteiger partial charge < -0.3 is 0 Å². The molecule has 0 saturated carbocycles. The number of unbranched alkanes of at least 4 members (excludes halogenated alkanes) is 1. The van der Waals surface area contributed by atoms with E-state index in [0.29, 0.717) is 0 Å². The molecule has 0 aliphatic rings. The van der Waals surface area contributed by atoms with Crippen molar-refractivity contribution < 1.29 is 0 Å². The lowest BCUT2D eigenvalue weighted by atomic mass is 9.96. The van der Waals surface area contributed by atoms with Crippen molar-refractivity contribution in [3.05, 3.63) is 35.9 Å². The minimum absolute atomic E-state index is 0.836. The van der Waals surface area contributed by atoms with Crippen LogP contribution in [0.2, 0.25) is 0 Å². The molecule has 0 aliphatic heterocycles. The first-order valence-corrected chi connectivity index (χ1v) is 6.37. The topological polar surface area (TPSA) is 0 Å². The summed E-state index contributed by atoms with van der Waals surface area (Å²) in [6.45, 7) is 8.61. The Hall–Kier alpha value is -0.780. The average Bonchev–Trinajstić information content (AvgIpc) is 2.30. The lowest BCUT2D eigenvalue weighted by Crippen LogP contribution is -1.99. The number of rotatable bonds is 5. The summed E-state index contributed by atoms with van der Waals surface area (Å²) in [6.07, 6.45) is 5.29. The van der Waals surface area contributed by atoms with Crippen molar-refractivity contribution in [1.29, 1.82) is 0 Å². The smallest absolute Gasteiger partial charge is 0.0253 e. The molecule has 0 heteroatoms. The van der Waals surface area contributed by atoms with Crippen molar-refractivity contribution in [2.24, 2.45) is 5.92 Å². The zero-order chi connectivity index (χ0) is 11.5. The van der Waals surface area contributed by atoms with E-state index in [1.54, 1.807) is 0 Å². The van der Waals surface area contributed by atoms with Gasteiger partial charge in [0.05, 0.1) is 0 Å². The SMILES string of the molecule is CC.CCCCC(C)Cc1ccccc1. The van der Waals surface area contributed by atoms with Gasteiger partial charge in [0.15, 0.2) is 0 Å². The monoisotopic (exact) mass is 206 g/mol. The Morgan fingerprint density at radius 1 is 1.07 bits per heavy atom. The molecule has 1 rings (SSSR count). The minimum atomic E-state index is 0.836. The van der Waals surface area contributed by atoms with Crippen molar-refractivity contribution in [3.8, 4) is 0 Å². The maximum absolute atomic E-state index is 2.35. The van der Waals surface area contributed by atoms with Gasteiger partial charge in [-0.25, -0.2) is 0 Å². The molecule has 1 unspecified atom stereocenters. The summed E-state index contributed by atoms with van der Waals surface area (Å²) in [5.74, 6) is 0.836. The molecule has 0 N–H and O–H groups in total. The van der Waals surface area contributed by atoms with E-state index in [2.05, 4.69) is 44.2 Å². The molecule has 1 aromatic rings. The summed E-state index contributed by atoms with van der Waals surface area (Å²) in [5.41, 5.74) is 1.48. The zero-order valence-corrected chi connectivity index (χ0v) is 10.8. The number of benzene rings is 1. The van der Waals surface area contributed by atoms with E-state index in [0.717, 1.165) is 5.92 Å². The molecular formula is C15H26. The van der Waals surface area contributed by atoms with Crippen LogP contribution in [0.15, 0.2) is 30.3 Å². The third kappa shape index (κ3) is 7.18. The van der Waals surface area contributed by atoms with E-state index >= 15 is 0 Å². The van der Waals surface area contributed by atoms with Crippen LogP contribution in [0.25, 0.3) is 0 Å². The van der Waals surface area contributed by atoms with E-state index in [-0.39, 0.29) is 0 Å². The van der Waals surface area contributed by atoms with Gasteiger partial charge in [-0.05, 0) is 17.9 Å². The molecule has 0 aliphatic carbocycles. The van der Waals surface area contributed by atoms with Gasteiger partial charge >= 0.3 is 0 Å². The average molecular weight is 206 g/mol. The number of hydrogen-bond acceptors (Lipinski definition) is 0. The molecule has 0 nitrogen and oxygen atoms in total. The van der Waals surface area contributed by atoms with Crippen molar-refractivity contribution in [3.63, 3.8) is 0 Å². The van der Waals surface area contributed by atoms with Gasteiger partial charge in [0.1, 0.15) is 0 Å². The molecule has 0 saturated heterocycles. The summed E-state index contributed by atoms with van der Waals surface area (Å²) < 4.78 is 0. The van der Waals surface area contributed by atoms with Gasteiger partial charge in [-0.1, -0.05) is 77.3 Å². The molecule has 0 amide bonds. The molecule has 1 aromatic carbocycles. The van der Waals surface area contributed by atoms with E-state index < -0.39 is 0 Å². The highest BCUT2D eigenvalue weighted by Gasteiger charge is 2.01. The van der Waals surface area contributed by atoms with Crippen LogP contribution in [-0.4, -0.2) is 0 Å². The molecule has 0 radical (unpaired) electrons. The molecule has 0 bridgehead atoms. The molecule has 86 valence electrons. The van der Waals surface area contributed by atoms with Crippen molar-refractivity contribution in [2.45, 2.75) is 53.4 Å². The highest BCUT2D eigenvalue weighted by Crippen LogP contribution is 2.13. The van der Waals surface area contributed by atoms with Crippen LogP contribution in [0.3, 0.4) is 0 Å². The van der Waals surface area contributed by atoms with Crippen LogP contribution >= 0.6 is 0 Å². The summed E-state index contributed by atoms with van der Waals surface area (Å²) in [7, 11) is 0. The zero-order valence-electron chi connectivity index (χ0n) is 10.8. The van der Waals surface area contributed by atoms with Gasteiger partial charge in [0.25, 0.3) is 0 Å². The van der Waals surface area contributed by atoms with Crippen LogP contribution in [0.1, 0.15) is 52.5 Å². The van der Waals surface area contributed by atoms with Gasteiger partial charge in [-0.15, -0.1) is 0 Å². The fourth-order valence-corrected chi connectivity index (χ4v) is 1.67. The molecule has 1 atom stereocenters. The Kier molecular flexibility index (Phi) is 9.26. The Morgan fingerprint density at radius 3 is 2.20 bits per heavy atom. The summed E-state index contributed by atoms with van der Waals surface area (Å²) in [6, 6.07) is 10.8. The second-order valence-electron chi connectivity index (χ2n) is 3.94. The lowest BCUT2D eigenvalue weighted by molar-refractivity contribution is 0.503. The van der Waals surface area contributed by atoms with E-state index in [1.165, 1.54) is 31.2 Å². The van der Waals surface area contributed by atoms with Crippen LogP contribution in [0.5, 0.6) is 0 Å². The Morgan fingerprint density at radius 2 is 1.67 bits per heavy atom. The van der Waals surface area contributed by atoms with E-state index in [1.807, 2.05) is 13.8 Å². The normalized spacial score (nSPS) is 11.5. The van der Waals surface area contributed by atoms with Crippen LogP contribution in [0.4, 0.5) is 0 Å². The standard InChI is InChI=1S/C13H20.C2H6/c1-3-4-8-12(2)11-13-9-6-5-7-10-13;1-2/h5-7,9-10,12H,3-4,8,11H2,1-2H3;1-2H3. The second kappa shape index (κ2) is 9.76. The van der Waals surface area contributed by atoms with Crippen LogP contribution in [0, 0.1) is 5.92 Å². The summed E-state index contributed by atoms with van der Waals surface area (Å²) >= 11 is 0. The minimum Gasteiger partial charge on any atom is -0.0683 e. The quantitative estimate of drug-likeness (QED) is 0.630. The fraction of sp³-hybridized carbons (Fsp3) is 0.600. The third-order valence-electron chi connectivity index (χ3n) is 2.48. The number of hydrogen-bond donors (Lipinski definition) is 0.